The first-order chi connectivity index (χ1) is 10.8. The van der Waals surface area contributed by atoms with E-state index < -0.39 is 0 Å². The highest BCUT2D eigenvalue weighted by Gasteiger charge is 2.27. The zero-order valence-corrected chi connectivity index (χ0v) is 13.1. The van der Waals surface area contributed by atoms with Gasteiger partial charge in [0.05, 0.1) is 4.91 Å². The third-order valence-corrected chi connectivity index (χ3v) is 4.59. The van der Waals surface area contributed by atoms with E-state index in [0.29, 0.717) is 11.5 Å². The minimum atomic E-state index is -0.162. The number of carbonyl (C=O) groups excluding carboxylic acids is 1. The average molecular weight is 314 g/mol. The van der Waals surface area contributed by atoms with Crippen LogP contribution >= 0.6 is 11.8 Å². The van der Waals surface area contributed by atoms with Gasteiger partial charge in [-0.05, 0) is 36.7 Å². The number of hydrogen-bond donors (Lipinski definition) is 0. The molecule has 22 heavy (non-hydrogen) atoms. The zero-order chi connectivity index (χ0) is 15.4. The number of hydrogen-bond acceptors (Lipinski definition) is 4. The fourth-order valence-electron chi connectivity index (χ4n) is 2.46. The van der Waals surface area contributed by atoms with Gasteiger partial charge in [0.25, 0.3) is 5.91 Å². The molecule has 3 rings (SSSR count). The number of nitrogens with zero attached hydrogens (tertiary/aromatic N) is 2. The Morgan fingerprint density at radius 2 is 2.09 bits per heavy atom. The molecule has 114 valence electrons. The van der Waals surface area contributed by atoms with E-state index in [0.717, 1.165) is 29.6 Å². The van der Waals surface area contributed by atoms with E-state index in [1.807, 2.05) is 30.3 Å². The summed E-state index contributed by atoms with van der Waals surface area (Å²) in [6, 6.07) is 7.67. The monoisotopic (exact) mass is 314 g/mol. The summed E-state index contributed by atoms with van der Waals surface area (Å²) in [5.74, 6) is 0.586. The third-order valence-electron chi connectivity index (χ3n) is 3.55. The quantitative estimate of drug-likeness (QED) is 0.631. The lowest BCUT2D eigenvalue weighted by Crippen LogP contribution is -2.23. The predicted molar refractivity (Wildman–Crippen MR) is 91.0 cm³/mol. The Morgan fingerprint density at radius 3 is 2.86 bits per heavy atom. The lowest BCUT2D eigenvalue weighted by molar-refractivity contribution is -0.113. The molecule has 5 heteroatoms. The number of benzene rings is 1. The van der Waals surface area contributed by atoms with Crippen molar-refractivity contribution in [1.82, 2.24) is 4.90 Å². The first kappa shape index (κ1) is 14.9. The van der Waals surface area contributed by atoms with Gasteiger partial charge in [-0.1, -0.05) is 30.9 Å². The fourth-order valence-corrected chi connectivity index (χ4v) is 3.42. The van der Waals surface area contributed by atoms with Gasteiger partial charge in [-0.15, -0.1) is 0 Å². The SMILES string of the molecule is C=CCOc1ccccc1/C=C1\SC(N2CCCC2)=NC1=O. The summed E-state index contributed by atoms with van der Waals surface area (Å²) in [5.41, 5.74) is 0.887. The Hall–Kier alpha value is -2.01. The first-order valence-corrected chi connectivity index (χ1v) is 8.20. The van der Waals surface area contributed by atoms with Crippen LogP contribution in [0.3, 0.4) is 0 Å². The van der Waals surface area contributed by atoms with Crippen LogP contribution in [0.15, 0.2) is 46.8 Å². The van der Waals surface area contributed by atoms with Crippen molar-refractivity contribution in [2.24, 2.45) is 4.99 Å². The maximum atomic E-state index is 12.1. The standard InChI is InChI=1S/C17H18N2O2S/c1-2-11-21-14-8-4-3-7-13(14)12-15-16(20)18-17(22-15)19-9-5-6-10-19/h2-4,7-8,12H,1,5-6,9-11H2/b15-12-. The van der Waals surface area contributed by atoms with E-state index in [9.17, 15) is 4.79 Å². The molecule has 1 fully saturated rings. The number of para-hydroxylation sites is 1. The van der Waals surface area contributed by atoms with Crippen LogP contribution in [0.25, 0.3) is 6.08 Å². The molecular formula is C17H18N2O2S. The van der Waals surface area contributed by atoms with E-state index in [-0.39, 0.29) is 5.91 Å². The van der Waals surface area contributed by atoms with Gasteiger partial charge in [0, 0.05) is 18.7 Å². The van der Waals surface area contributed by atoms with Crippen LogP contribution in [0.4, 0.5) is 0 Å². The van der Waals surface area contributed by atoms with Crippen LogP contribution in [0.1, 0.15) is 18.4 Å². The normalized spacial score (nSPS) is 19.6. The van der Waals surface area contributed by atoms with Crippen molar-refractivity contribution in [3.63, 3.8) is 0 Å². The van der Waals surface area contributed by atoms with Gasteiger partial charge in [0.2, 0.25) is 0 Å². The zero-order valence-electron chi connectivity index (χ0n) is 12.3. The molecule has 0 atom stereocenters. The largest absolute Gasteiger partial charge is 0.489 e. The number of amides is 1. The maximum Gasteiger partial charge on any atom is 0.286 e. The molecule has 0 radical (unpaired) electrons. The van der Waals surface area contributed by atoms with Crippen molar-refractivity contribution in [2.45, 2.75) is 12.8 Å². The van der Waals surface area contributed by atoms with Crippen molar-refractivity contribution >= 4 is 28.9 Å². The summed E-state index contributed by atoms with van der Waals surface area (Å²) in [4.78, 5) is 19.1. The molecule has 0 bridgehead atoms. The molecule has 4 nitrogen and oxygen atoms in total. The van der Waals surface area contributed by atoms with Crippen LogP contribution in [0, 0.1) is 0 Å². The van der Waals surface area contributed by atoms with Gasteiger partial charge in [0.1, 0.15) is 12.4 Å². The van der Waals surface area contributed by atoms with Crippen LogP contribution in [0.2, 0.25) is 0 Å². The van der Waals surface area contributed by atoms with E-state index in [1.165, 1.54) is 24.6 Å². The van der Waals surface area contributed by atoms with Crippen molar-refractivity contribution < 1.29 is 9.53 Å². The second kappa shape index (κ2) is 6.83. The van der Waals surface area contributed by atoms with Crippen molar-refractivity contribution in [2.75, 3.05) is 19.7 Å². The predicted octanol–water partition coefficient (Wildman–Crippen LogP) is 3.32. The van der Waals surface area contributed by atoms with E-state index in [1.54, 1.807) is 6.08 Å². The molecule has 1 aromatic rings. The van der Waals surface area contributed by atoms with Crippen molar-refractivity contribution in [3.05, 3.63) is 47.4 Å². The average Bonchev–Trinajstić information content (AvgIpc) is 3.17. The van der Waals surface area contributed by atoms with Crippen LogP contribution in [-0.4, -0.2) is 35.7 Å². The molecule has 2 aliphatic heterocycles. The van der Waals surface area contributed by atoms with Crippen LogP contribution in [0.5, 0.6) is 5.75 Å². The van der Waals surface area contributed by atoms with Gasteiger partial charge < -0.3 is 9.64 Å². The highest BCUT2D eigenvalue weighted by molar-refractivity contribution is 8.18. The van der Waals surface area contributed by atoms with E-state index in [4.69, 9.17) is 4.74 Å². The van der Waals surface area contributed by atoms with Crippen LogP contribution < -0.4 is 4.74 Å². The Bertz CT molecular complexity index is 646. The summed E-state index contributed by atoms with van der Waals surface area (Å²) in [6.07, 6.45) is 5.90. The second-order valence-electron chi connectivity index (χ2n) is 5.14. The van der Waals surface area contributed by atoms with E-state index >= 15 is 0 Å². The summed E-state index contributed by atoms with van der Waals surface area (Å²) >= 11 is 1.46. The summed E-state index contributed by atoms with van der Waals surface area (Å²) < 4.78 is 5.63. The minimum Gasteiger partial charge on any atom is -0.489 e. The third kappa shape index (κ3) is 3.25. The fraction of sp³-hybridized carbons (Fsp3) is 0.294. The number of ether oxygens (including phenoxy) is 1. The van der Waals surface area contributed by atoms with Gasteiger partial charge in [-0.2, -0.15) is 4.99 Å². The van der Waals surface area contributed by atoms with Gasteiger partial charge in [0.15, 0.2) is 5.17 Å². The highest BCUT2D eigenvalue weighted by Crippen LogP contribution is 2.33. The van der Waals surface area contributed by atoms with Gasteiger partial charge in [-0.3, -0.25) is 4.79 Å². The molecule has 0 N–H and O–H groups in total. The molecule has 1 amide bonds. The number of likely N-dealkylation sites (tertiary alicyclic amines) is 1. The molecule has 0 spiro atoms. The van der Waals surface area contributed by atoms with Crippen LogP contribution in [-0.2, 0) is 4.79 Å². The molecule has 0 aliphatic carbocycles. The minimum absolute atomic E-state index is 0.162. The second-order valence-corrected chi connectivity index (χ2v) is 6.15. The highest BCUT2D eigenvalue weighted by atomic mass is 32.2. The van der Waals surface area contributed by atoms with Crippen molar-refractivity contribution in [3.8, 4) is 5.75 Å². The summed E-state index contributed by atoms with van der Waals surface area (Å²) in [6.45, 7) is 6.08. The number of amidine groups is 1. The van der Waals surface area contributed by atoms with Gasteiger partial charge >= 0.3 is 0 Å². The molecule has 1 aromatic carbocycles. The molecule has 0 aromatic heterocycles. The Balaban J connectivity index is 1.78. The molecular weight excluding hydrogens is 296 g/mol. The molecule has 1 saturated heterocycles. The van der Waals surface area contributed by atoms with Gasteiger partial charge in [-0.25, -0.2) is 0 Å². The van der Waals surface area contributed by atoms with Crippen molar-refractivity contribution in [1.29, 1.82) is 0 Å². The lowest BCUT2D eigenvalue weighted by Gasteiger charge is -2.14. The molecule has 0 unspecified atom stereocenters. The maximum absolute atomic E-state index is 12.1. The Labute approximate surface area is 134 Å². The van der Waals surface area contributed by atoms with E-state index in [2.05, 4.69) is 16.5 Å². The summed E-state index contributed by atoms with van der Waals surface area (Å²) in [7, 11) is 0. The lowest BCUT2D eigenvalue weighted by atomic mass is 10.2. The topological polar surface area (TPSA) is 41.9 Å². The Morgan fingerprint density at radius 1 is 1.32 bits per heavy atom. The number of thioether (sulfide) groups is 1. The first-order valence-electron chi connectivity index (χ1n) is 7.38. The Kier molecular flexibility index (Phi) is 4.63. The smallest absolute Gasteiger partial charge is 0.286 e. The number of aliphatic imine (C=N–C) groups is 1. The summed E-state index contributed by atoms with van der Waals surface area (Å²) in [5, 5.41) is 0.832. The molecule has 0 saturated carbocycles. The number of rotatable bonds is 4. The molecule has 2 heterocycles. The molecule has 2 aliphatic rings. The number of carbonyl (C=O) groups is 1.